The summed E-state index contributed by atoms with van der Waals surface area (Å²) in [6.45, 7) is 8.62. The van der Waals surface area contributed by atoms with E-state index >= 15 is 0 Å². The fraction of sp³-hybridized carbons (Fsp3) is 0.727. The second-order valence-electron chi connectivity index (χ2n) is 9.16. The highest BCUT2D eigenvalue weighted by molar-refractivity contribution is 5.19. The molecular weight excluding hydrogens is 360 g/mol. The summed E-state index contributed by atoms with van der Waals surface area (Å²) in [4.78, 5) is 0. The van der Waals surface area contributed by atoms with Crippen molar-refractivity contribution in [3.8, 4) is 0 Å². The minimum Gasteiger partial charge on any atom is -0.396 e. The Morgan fingerprint density at radius 1 is 1.00 bits per heavy atom. The van der Waals surface area contributed by atoms with E-state index in [4.69, 9.17) is 23.7 Å². The Bertz CT molecular complexity index is 690. The molecule has 0 bridgehead atoms. The van der Waals surface area contributed by atoms with Crippen molar-refractivity contribution >= 4 is 0 Å². The first-order chi connectivity index (χ1) is 13.2. The van der Waals surface area contributed by atoms with Gasteiger partial charge in [-0.3, -0.25) is 0 Å². The third kappa shape index (κ3) is 3.20. The van der Waals surface area contributed by atoms with E-state index in [1.54, 1.807) is 7.11 Å². The molecule has 1 aromatic carbocycles. The number of aliphatic hydroxyl groups is 1. The Balaban J connectivity index is 1.64. The fourth-order valence-electron chi connectivity index (χ4n) is 4.39. The molecule has 0 amide bonds. The highest BCUT2D eigenvalue weighted by Crippen LogP contribution is 2.57. The summed E-state index contributed by atoms with van der Waals surface area (Å²) in [5.41, 5.74) is -0.543. The molecular formula is C22H32O6. The molecule has 6 nitrogen and oxygen atoms in total. The van der Waals surface area contributed by atoms with Gasteiger partial charge in [0.25, 0.3) is 0 Å². The molecule has 2 saturated heterocycles. The maximum Gasteiger partial charge on any atom is 0.186 e. The largest absolute Gasteiger partial charge is 0.396 e. The van der Waals surface area contributed by atoms with Gasteiger partial charge in [-0.05, 0) is 39.7 Å². The number of benzene rings is 1. The highest BCUT2D eigenvalue weighted by atomic mass is 16.7. The Morgan fingerprint density at radius 2 is 1.64 bits per heavy atom. The van der Waals surface area contributed by atoms with Gasteiger partial charge in [0.1, 0.15) is 23.9 Å². The van der Waals surface area contributed by atoms with Crippen LogP contribution in [0.25, 0.3) is 0 Å². The molecule has 1 spiro atoms. The average Bonchev–Trinajstić information content (AvgIpc) is 3.36. The SMILES string of the molecule is CO[C@H]1OC2(CC2CO)[C@@H](OCc2ccccc2)[C@@H]2OC(C)(C)C(C)(C)O[C@@H]12. The van der Waals surface area contributed by atoms with Crippen LogP contribution in [0.15, 0.2) is 30.3 Å². The monoisotopic (exact) mass is 392 g/mol. The number of ether oxygens (including phenoxy) is 5. The normalized spacial score (nSPS) is 40.9. The molecule has 2 unspecified atom stereocenters. The first-order valence-corrected chi connectivity index (χ1v) is 10.1. The standard InChI is InChI=1S/C22H32O6/c1-20(2)21(3,4)27-17-16(26-20)18(25-13-14-9-7-6-8-10-14)22(11-15(22)12-23)28-19(17)24-5/h6-10,15-19,23H,11-13H2,1-5H3/t15?,16-,17-,18+,19+,22?/m1/s1. The molecule has 1 aliphatic carbocycles. The van der Waals surface area contributed by atoms with Crippen molar-refractivity contribution in [2.45, 2.75) is 82.1 Å². The molecule has 2 heterocycles. The first kappa shape index (κ1) is 20.3. The lowest BCUT2D eigenvalue weighted by Gasteiger charge is -2.57. The summed E-state index contributed by atoms with van der Waals surface area (Å²) in [6, 6.07) is 10.0. The van der Waals surface area contributed by atoms with Crippen molar-refractivity contribution in [2.24, 2.45) is 5.92 Å². The van der Waals surface area contributed by atoms with E-state index < -0.39 is 29.2 Å². The van der Waals surface area contributed by atoms with Crippen LogP contribution in [0.4, 0.5) is 0 Å². The average molecular weight is 392 g/mol. The predicted molar refractivity (Wildman–Crippen MR) is 103 cm³/mol. The Hall–Kier alpha value is -1.02. The first-order valence-electron chi connectivity index (χ1n) is 10.1. The van der Waals surface area contributed by atoms with E-state index in [0.717, 1.165) is 12.0 Å². The summed E-state index contributed by atoms with van der Waals surface area (Å²) >= 11 is 0. The zero-order valence-corrected chi connectivity index (χ0v) is 17.4. The smallest absolute Gasteiger partial charge is 0.186 e. The molecule has 6 heteroatoms. The molecule has 28 heavy (non-hydrogen) atoms. The van der Waals surface area contributed by atoms with Gasteiger partial charge in [-0.1, -0.05) is 30.3 Å². The lowest BCUT2D eigenvalue weighted by Crippen LogP contribution is -2.71. The van der Waals surface area contributed by atoms with Crippen LogP contribution >= 0.6 is 0 Å². The minimum absolute atomic E-state index is 0.00789. The molecule has 1 N–H and O–H groups in total. The third-order valence-electron chi connectivity index (χ3n) is 6.84. The maximum atomic E-state index is 9.82. The van der Waals surface area contributed by atoms with E-state index in [-0.39, 0.29) is 24.7 Å². The van der Waals surface area contributed by atoms with E-state index in [9.17, 15) is 5.11 Å². The lowest BCUT2D eigenvalue weighted by molar-refractivity contribution is -0.398. The summed E-state index contributed by atoms with van der Waals surface area (Å²) < 4.78 is 31.5. The number of aliphatic hydroxyl groups excluding tert-OH is 1. The van der Waals surface area contributed by atoms with Crippen molar-refractivity contribution in [3.63, 3.8) is 0 Å². The highest BCUT2D eigenvalue weighted by Gasteiger charge is 2.71. The Morgan fingerprint density at radius 3 is 2.21 bits per heavy atom. The van der Waals surface area contributed by atoms with Crippen LogP contribution in [0.3, 0.4) is 0 Å². The second-order valence-corrected chi connectivity index (χ2v) is 9.16. The van der Waals surface area contributed by atoms with Crippen molar-refractivity contribution in [2.75, 3.05) is 13.7 Å². The molecule has 6 atom stereocenters. The fourth-order valence-corrected chi connectivity index (χ4v) is 4.39. The van der Waals surface area contributed by atoms with Gasteiger partial charge < -0.3 is 28.8 Å². The number of hydrogen-bond acceptors (Lipinski definition) is 6. The van der Waals surface area contributed by atoms with Gasteiger partial charge in [0.2, 0.25) is 0 Å². The summed E-state index contributed by atoms with van der Waals surface area (Å²) in [7, 11) is 1.62. The third-order valence-corrected chi connectivity index (χ3v) is 6.84. The van der Waals surface area contributed by atoms with Crippen molar-refractivity contribution in [1.82, 2.24) is 0 Å². The zero-order chi connectivity index (χ0) is 20.2. The van der Waals surface area contributed by atoms with Crippen LogP contribution in [0.5, 0.6) is 0 Å². The van der Waals surface area contributed by atoms with Gasteiger partial charge in [-0.2, -0.15) is 0 Å². The van der Waals surface area contributed by atoms with Gasteiger partial charge in [0.15, 0.2) is 6.29 Å². The molecule has 1 aromatic rings. The molecule has 3 fully saturated rings. The van der Waals surface area contributed by atoms with Crippen molar-refractivity contribution in [1.29, 1.82) is 0 Å². The molecule has 4 rings (SSSR count). The van der Waals surface area contributed by atoms with Crippen LogP contribution in [0, 0.1) is 5.92 Å². The van der Waals surface area contributed by atoms with E-state index in [2.05, 4.69) is 0 Å². The van der Waals surface area contributed by atoms with Gasteiger partial charge >= 0.3 is 0 Å². The van der Waals surface area contributed by atoms with Crippen LogP contribution < -0.4 is 0 Å². The topological polar surface area (TPSA) is 66.4 Å². The maximum absolute atomic E-state index is 9.82. The molecule has 1 saturated carbocycles. The van der Waals surface area contributed by atoms with Crippen LogP contribution in [-0.2, 0) is 30.3 Å². The van der Waals surface area contributed by atoms with Crippen molar-refractivity contribution in [3.05, 3.63) is 35.9 Å². The van der Waals surface area contributed by atoms with Gasteiger partial charge in [0.05, 0.1) is 17.8 Å². The number of fused-ring (bicyclic) bond motifs is 1. The molecule has 0 radical (unpaired) electrons. The minimum atomic E-state index is -0.605. The summed E-state index contributed by atoms with van der Waals surface area (Å²) in [5, 5.41) is 9.82. The lowest BCUT2D eigenvalue weighted by atomic mass is 9.83. The van der Waals surface area contributed by atoms with Crippen LogP contribution in [0.1, 0.15) is 39.7 Å². The van der Waals surface area contributed by atoms with Crippen molar-refractivity contribution < 1.29 is 28.8 Å². The van der Waals surface area contributed by atoms with E-state index in [1.807, 2.05) is 58.0 Å². The predicted octanol–water partition coefficient (Wildman–Crippen LogP) is 2.67. The summed E-state index contributed by atoms with van der Waals surface area (Å²) in [6.07, 6.45) is -0.939. The van der Waals surface area contributed by atoms with Gasteiger partial charge in [-0.15, -0.1) is 0 Å². The summed E-state index contributed by atoms with van der Waals surface area (Å²) in [5.74, 6) is 0.00789. The van der Waals surface area contributed by atoms with E-state index in [0.29, 0.717) is 6.61 Å². The quantitative estimate of drug-likeness (QED) is 0.831. The van der Waals surface area contributed by atoms with Gasteiger partial charge in [0, 0.05) is 19.6 Å². The Labute approximate surface area is 167 Å². The zero-order valence-electron chi connectivity index (χ0n) is 17.4. The van der Waals surface area contributed by atoms with E-state index in [1.165, 1.54) is 0 Å². The molecule has 0 aromatic heterocycles. The number of rotatable bonds is 5. The molecule has 3 aliphatic rings. The Kier molecular flexibility index (Phi) is 5.10. The molecule has 156 valence electrons. The van der Waals surface area contributed by atoms with Crippen LogP contribution in [-0.4, -0.2) is 60.2 Å². The number of methoxy groups -OCH3 is 1. The van der Waals surface area contributed by atoms with Crippen LogP contribution in [0.2, 0.25) is 0 Å². The molecule has 2 aliphatic heterocycles. The van der Waals surface area contributed by atoms with Gasteiger partial charge in [-0.25, -0.2) is 0 Å². The number of hydrogen-bond donors (Lipinski definition) is 1. The second kappa shape index (κ2) is 7.04.